The first-order chi connectivity index (χ1) is 13.7. The molecule has 2 aromatic carbocycles. The number of hydrogen-bond acceptors (Lipinski definition) is 4. The van der Waals surface area contributed by atoms with Gasteiger partial charge in [0.25, 0.3) is 0 Å². The van der Waals surface area contributed by atoms with Crippen molar-refractivity contribution in [2.24, 2.45) is 0 Å². The van der Waals surface area contributed by atoms with Crippen molar-refractivity contribution in [2.45, 2.75) is 39.7 Å². The zero-order chi connectivity index (χ0) is 21.6. The lowest BCUT2D eigenvalue weighted by Gasteiger charge is -2.31. The van der Waals surface area contributed by atoms with Crippen LogP contribution in [-0.4, -0.2) is 40.3 Å². The number of carbonyl (C=O) groups is 1. The minimum atomic E-state index is -3.64. The van der Waals surface area contributed by atoms with E-state index in [1.165, 1.54) is 4.31 Å². The third-order valence-corrected chi connectivity index (χ3v) is 5.97. The van der Waals surface area contributed by atoms with Gasteiger partial charge in [0, 0.05) is 6.54 Å². The summed E-state index contributed by atoms with van der Waals surface area (Å²) in [6.45, 7) is 5.99. The normalized spacial score (nSPS) is 12.3. The van der Waals surface area contributed by atoms with Gasteiger partial charge >= 0.3 is 0 Å². The molecule has 0 aliphatic heterocycles. The summed E-state index contributed by atoms with van der Waals surface area (Å²) in [6.07, 6.45) is 2.16. The fourth-order valence-corrected chi connectivity index (χ4v) is 4.49. The number of ether oxygens (including phenoxy) is 1. The maximum Gasteiger partial charge on any atom is 0.243 e. The van der Waals surface area contributed by atoms with Crippen molar-refractivity contribution in [3.05, 3.63) is 59.2 Å². The molecule has 0 aliphatic carbocycles. The fraction of sp³-hybridized carbons (Fsp3) is 0.409. The van der Waals surface area contributed by atoms with Gasteiger partial charge in [-0.05, 0) is 61.6 Å². The van der Waals surface area contributed by atoms with E-state index < -0.39 is 16.1 Å². The molecular formula is C22H30N2O4S. The Kier molecular flexibility index (Phi) is 7.67. The third-order valence-electron chi connectivity index (χ3n) is 4.80. The van der Waals surface area contributed by atoms with Crippen molar-refractivity contribution >= 4 is 21.6 Å². The zero-order valence-corrected chi connectivity index (χ0v) is 18.5. The summed E-state index contributed by atoms with van der Waals surface area (Å²) >= 11 is 0. The molecule has 0 radical (unpaired) electrons. The molecule has 1 amide bonds. The van der Waals surface area contributed by atoms with E-state index in [0.717, 1.165) is 28.7 Å². The molecule has 2 aromatic rings. The molecule has 6 nitrogen and oxygen atoms in total. The molecule has 0 fully saturated rings. The van der Waals surface area contributed by atoms with Crippen LogP contribution in [0.4, 0.5) is 5.69 Å². The van der Waals surface area contributed by atoms with Crippen LogP contribution in [0.1, 0.15) is 30.0 Å². The SMILES string of the molecule is CC[C@@H](C(=O)NCCc1ccc(OC)cc1)N(c1cc(C)ccc1C)S(C)(=O)=O. The number of methoxy groups -OCH3 is 1. The monoisotopic (exact) mass is 418 g/mol. The predicted molar refractivity (Wildman–Crippen MR) is 117 cm³/mol. The molecule has 0 heterocycles. The number of rotatable bonds is 9. The second-order valence-electron chi connectivity index (χ2n) is 7.16. The molecule has 0 spiro atoms. The number of nitrogens with zero attached hydrogens (tertiary/aromatic N) is 1. The van der Waals surface area contributed by atoms with Crippen molar-refractivity contribution in [3.63, 3.8) is 0 Å². The number of anilines is 1. The molecule has 7 heteroatoms. The van der Waals surface area contributed by atoms with E-state index >= 15 is 0 Å². The third kappa shape index (κ3) is 5.97. The van der Waals surface area contributed by atoms with Gasteiger partial charge in [-0.15, -0.1) is 0 Å². The van der Waals surface area contributed by atoms with E-state index in [-0.39, 0.29) is 5.91 Å². The summed E-state index contributed by atoms with van der Waals surface area (Å²) < 4.78 is 31.6. The summed E-state index contributed by atoms with van der Waals surface area (Å²) in [6, 6.07) is 12.4. The second kappa shape index (κ2) is 9.78. The van der Waals surface area contributed by atoms with Crippen molar-refractivity contribution in [1.82, 2.24) is 5.32 Å². The van der Waals surface area contributed by atoms with Gasteiger partial charge in [0.2, 0.25) is 15.9 Å². The van der Waals surface area contributed by atoms with E-state index in [1.54, 1.807) is 7.11 Å². The predicted octanol–water partition coefficient (Wildman–Crippen LogP) is 3.22. The van der Waals surface area contributed by atoms with Crippen molar-refractivity contribution < 1.29 is 17.9 Å². The van der Waals surface area contributed by atoms with Crippen LogP contribution >= 0.6 is 0 Å². The van der Waals surface area contributed by atoms with Crippen LogP contribution in [-0.2, 0) is 21.2 Å². The van der Waals surface area contributed by atoms with Crippen LogP contribution in [0.2, 0.25) is 0 Å². The van der Waals surface area contributed by atoms with Crippen molar-refractivity contribution in [1.29, 1.82) is 0 Å². The highest BCUT2D eigenvalue weighted by Gasteiger charge is 2.32. The number of amides is 1. The average molecular weight is 419 g/mol. The standard InChI is InChI=1S/C22H30N2O4S/c1-6-20(22(25)23-14-13-18-9-11-19(28-4)12-10-18)24(29(5,26)27)21-15-16(2)7-8-17(21)3/h7-12,15,20H,6,13-14H2,1-5H3,(H,23,25)/t20-/m0/s1. The largest absolute Gasteiger partial charge is 0.497 e. The maximum atomic E-state index is 12.9. The Bertz CT molecular complexity index is 940. The number of benzene rings is 2. The summed E-state index contributed by atoms with van der Waals surface area (Å²) in [5.74, 6) is 0.480. The molecule has 0 bridgehead atoms. The lowest BCUT2D eigenvalue weighted by Crippen LogP contribution is -2.49. The Labute approximate surface area is 173 Å². The lowest BCUT2D eigenvalue weighted by molar-refractivity contribution is -0.122. The number of hydrogen-bond donors (Lipinski definition) is 1. The fourth-order valence-electron chi connectivity index (χ4n) is 3.23. The van der Waals surface area contributed by atoms with Gasteiger partial charge in [0.15, 0.2) is 0 Å². The van der Waals surface area contributed by atoms with Gasteiger partial charge in [0.05, 0.1) is 19.1 Å². The molecule has 1 N–H and O–H groups in total. The van der Waals surface area contributed by atoms with Crippen LogP contribution < -0.4 is 14.4 Å². The Hall–Kier alpha value is -2.54. The van der Waals surface area contributed by atoms with E-state index in [9.17, 15) is 13.2 Å². The minimum Gasteiger partial charge on any atom is -0.497 e. The van der Waals surface area contributed by atoms with Crippen LogP contribution in [0, 0.1) is 13.8 Å². The number of nitrogens with one attached hydrogen (secondary N) is 1. The Balaban J connectivity index is 2.16. The molecule has 0 aliphatic rings. The quantitative estimate of drug-likeness (QED) is 0.678. The topological polar surface area (TPSA) is 75.7 Å². The summed E-state index contributed by atoms with van der Waals surface area (Å²) in [5, 5.41) is 2.89. The van der Waals surface area contributed by atoms with Gasteiger partial charge in [-0.1, -0.05) is 31.2 Å². The highest BCUT2D eigenvalue weighted by molar-refractivity contribution is 7.92. The number of carbonyl (C=O) groups excluding carboxylic acids is 1. The molecule has 0 unspecified atom stereocenters. The number of sulfonamides is 1. The van der Waals surface area contributed by atoms with Crippen molar-refractivity contribution in [2.75, 3.05) is 24.2 Å². The summed E-state index contributed by atoms with van der Waals surface area (Å²) in [4.78, 5) is 12.9. The van der Waals surface area contributed by atoms with E-state index in [0.29, 0.717) is 25.1 Å². The van der Waals surface area contributed by atoms with Gasteiger partial charge in [-0.3, -0.25) is 9.10 Å². The van der Waals surface area contributed by atoms with Crippen LogP contribution in [0.15, 0.2) is 42.5 Å². The van der Waals surface area contributed by atoms with E-state index in [4.69, 9.17) is 4.74 Å². The number of aryl methyl sites for hydroxylation is 2. The smallest absolute Gasteiger partial charge is 0.243 e. The molecular weight excluding hydrogens is 388 g/mol. The Morgan fingerprint density at radius 1 is 1.14 bits per heavy atom. The molecule has 0 saturated carbocycles. The molecule has 0 saturated heterocycles. The second-order valence-corrected chi connectivity index (χ2v) is 9.02. The van der Waals surface area contributed by atoms with Gasteiger partial charge in [-0.2, -0.15) is 0 Å². The first-order valence-electron chi connectivity index (χ1n) is 9.64. The zero-order valence-electron chi connectivity index (χ0n) is 17.7. The Morgan fingerprint density at radius 2 is 1.79 bits per heavy atom. The van der Waals surface area contributed by atoms with E-state index in [2.05, 4.69) is 5.32 Å². The molecule has 29 heavy (non-hydrogen) atoms. The Morgan fingerprint density at radius 3 is 2.34 bits per heavy atom. The summed E-state index contributed by atoms with van der Waals surface area (Å²) in [5.41, 5.74) is 3.36. The van der Waals surface area contributed by atoms with Crippen molar-refractivity contribution in [3.8, 4) is 5.75 Å². The minimum absolute atomic E-state index is 0.299. The maximum absolute atomic E-state index is 12.9. The van der Waals surface area contributed by atoms with Gasteiger partial charge < -0.3 is 10.1 Å². The first kappa shape index (κ1) is 22.7. The van der Waals surface area contributed by atoms with Gasteiger partial charge in [-0.25, -0.2) is 8.42 Å². The first-order valence-corrected chi connectivity index (χ1v) is 11.5. The average Bonchev–Trinajstić information content (AvgIpc) is 2.67. The van der Waals surface area contributed by atoms with E-state index in [1.807, 2.05) is 63.2 Å². The molecule has 0 aromatic heterocycles. The molecule has 1 atom stereocenters. The van der Waals surface area contributed by atoms with Crippen LogP contribution in [0.5, 0.6) is 5.75 Å². The summed E-state index contributed by atoms with van der Waals surface area (Å²) in [7, 11) is -2.03. The molecule has 2 rings (SSSR count). The van der Waals surface area contributed by atoms with Crippen LogP contribution in [0.3, 0.4) is 0 Å². The van der Waals surface area contributed by atoms with Crippen LogP contribution in [0.25, 0.3) is 0 Å². The highest BCUT2D eigenvalue weighted by atomic mass is 32.2. The molecule has 158 valence electrons. The van der Waals surface area contributed by atoms with Gasteiger partial charge in [0.1, 0.15) is 11.8 Å². The lowest BCUT2D eigenvalue weighted by atomic mass is 10.1. The highest BCUT2D eigenvalue weighted by Crippen LogP contribution is 2.27.